The molecule has 0 aliphatic heterocycles. The van der Waals surface area contributed by atoms with Gasteiger partial charge in [0.05, 0.1) is 5.41 Å². The second-order valence-corrected chi connectivity index (χ2v) is 16.5. The molecule has 0 radical (unpaired) electrons. The van der Waals surface area contributed by atoms with Gasteiger partial charge in [0.1, 0.15) is 0 Å². The largest absolute Gasteiger partial charge is 0.481 e. The van der Waals surface area contributed by atoms with E-state index in [0.29, 0.717) is 12.8 Å². The third kappa shape index (κ3) is 3.95. The average Bonchev–Trinajstić information content (AvgIpc) is 2.82. The van der Waals surface area contributed by atoms with Crippen molar-refractivity contribution in [2.75, 3.05) is 0 Å². The zero-order valence-corrected chi connectivity index (χ0v) is 26.7. The molecule has 7 nitrogen and oxygen atoms in total. The van der Waals surface area contributed by atoms with Crippen molar-refractivity contribution >= 4 is 17.9 Å². The van der Waals surface area contributed by atoms with E-state index in [9.17, 15) is 24.6 Å². The van der Waals surface area contributed by atoms with Crippen LogP contribution in [0.4, 0.5) is 0 Å². The zero-order valence-electron chi connectivity index (χ0n) is 26.7. The lowest BCUT2D eigenvalue weighted by atomic mass is 9.33. The van der Waals surface area contributed by atoms with Crippen LogP contribution in [-0.4, -0.2) is 40.0 Å². The van der Waals surface area contributed by atoms with Crippen molar-refractivity contribution < 1.29 is 34.1 Å². The maximum absolute atomic E-state index is 12.9. The molecule has 7 heteroatoms. The summed E-state index contributed by atoms with van der Waals surface area (Å²) in [4.78, 5) is 37.4. The summed E-state index contributed by atoms with van der Waals surface area (Å²) in [5, 5.41) is 22.6. The van der Waals surface area contributed by atoms with E-state index in [1.165, 1.54) is 19.4 Å². The third-order valence-corrected chi connectivity index (χ3v) is 13.8. The molecule has 2 N–H and O–H groups in total. The van der Waals surface area contributed by atoms with E-state index in [0.717, 1.165) is 44.9 Å². The highest BCUT2D eigenvalue weighted by Gasteiger charge is 2.74. The van der Waals surface area contributed by atoms with E-state index < -0.39 is 40.6 Å². The number of aliphatic carboxylic acids is 1. The Morgan fingerprint density at radius 2 is 1.49 bits per heavy atom. The van der Waals surface area contributed by atoms with Crippen LogP contribution in [-0.2, 0) is 23.9 Å². The normalized spacial score (nSPS) is 47.8. The van der Waals surface area contributed by atoms with Gasteiger partial charge in [0.15, 0.2) is 6.10 Å². The minimum absolute atomic E-state index is 0.0260. The zero-order chi connectivity index (χ0) is 30.6. The lowest BCUT2D eigenvalue weighted by Crippen LogP contribution is -2.72. The van der Waals surface area contributed by atoms with Gasteiger partial charge in [0.2, 0.25) is 0 Å². The Kier molecular flexibility index (Phi) is 6.75. The molecule has 41 heavy (non-hydrogen) atoms. The summed E-state index contributed by atoms with van der Waals surface area (Å²) < 4.78 is 11.4. The maximum Gasteiger partial charge on any atom is 0.310 e. The van der Waals surface area contributed by atoms with Crippen LogP contribution in [0.5, 0.6) is 0 Å². The fourth-order valence-corrected chi connectivity index (χ4v) is 11.4. The summed E-state index contributed by atoms with van der Waals surface area (Å²) >= 11 is 0. The molecule has 0 amide bonds. The molecule has 0 bridgehead atoms. The Balaban J connectivity index is 1.61. The minimum Gasteiger partial charge on any atom is -0.481 e. The van der Waals surface area contributed by atoms with E-state index in [-0.39, 0.29) is 39.4 Å². The number of carboxylic acids is 1. The Bertz CT molecular complexity index is 1190. The molecule has 0 aromatic carbocycles. The molecule has 0 heterocycles. The van der Waals surface area contributed by atoms with Gasteiger partial charge in [-0.15, -0.1) is 0 Å². The number of ether oxygens (including phenoxy) is 2. The fourth-order valence-electron chi connectivity index (χ4n) is 11.4. The van der Waals surface area contributed by atoms with Crippen LogP contribution >= 0.6 is 0 Å². The molecular weight excluding hydrogens is 520 g/mol. The van der Waals surface area contributed by atoms with Gasteiger partial charge in [0, 0.05) is 19.3 Å². The van der Waals surface area contributed by atoms with E-state index in [1.54, 1.807) is 0 Å². The Morgan fingerprint density at radius 3 is 2.07 bits per heavy atom. The van der Waals surface area contributed by atoms with Crippen molar-refractivity contribution in [3.8, 4) is 0 Å². The molecule has 0 saturated heterocycles. The van der Waals surface area contributed by atoms with Crippen LogP contribution in [0.15, 0.2) is 11.6 Å². The van der Waals surface area contributed by atoms with Crippen LogP contribution in [0.25, 0.3) is 0 Å². The van der Waals surface area contributed by atoms with Crippen molar-refractivity contribution in [1.82, 2.24) is 0 Å². The molecule has 0 aromatic heterocycles. The first-order chi connectivity index (χ1) is 18.7. The molecule has 0 aromatic rings. The summed E-state index contributed by atoms with van der Waals surface area (Å²) in [5.74, 6) is -3.37. The molecule has 230 valence electrons. The van der Waals surface area contributed by atoms with Crippen molar-refractivity contribution in [2.45, 2.75) is 132 Å². The maximum atomic E-state index is 12.9. The van der Waals surface area contributed by atoms with Crippen LogP contribution in [0.3, 0.4) is 0 Å². The number of carbonyl (C=O) groups excluding carboxylic acids is 2. The van der Waals surface area contributed by atoms with Gasteiger partial charge < -0.3 is 19.7 Å². The van der Waals surface area contributed by atoms with E-state index in [1.807, 2.05) is 13.8 Å². The summed E-state index contributed by atoms with van der Waals surface area (Å²) in [6.45, 7) is 18.2. The minimum atomic E-state index is -1.93. The quantitative estimate of drug-likeness (QED) is 0.221. The summed E-state index contributed by atoms with van der Waals surface area (Å²) in [6, 6.07) is 0. The Hall–Kier alpha value is -1.89. The smallest absolute Gasteiger partial charge is 0.310 e. The molecule has 5 aliphatic rings. The van der Waals surface area contributed by atoms with Crippen molar-refractivity contribution in [3.63, 3.8) is 0 Å². The monoisotopic (exact) mass is 572 g/mol. The topological polar surface area (TPSA) is 110 Å². The van der Waals surface area contributed by atoms with Gasteiger partial charge in [0.25, 0.3) is 5.79 Å². The van der Waals surface area contributed by atoms with Crippen LogP contribution in [0.2, 0.25) is 0 Å². The number of aliphatic hydroxyl groups is 1. The number of esters is 2. The molecule has 9 atom stereocenters. The first kappa shape index (κ1) is 30.6. The van der Waals surface area contributed by atoms with Gasteiger partial charge in [-0.05, 0) is 97.2 Å². The SMILES string of the molecule is CC(=O)OC1C[C@]2(C)[C@H]3CC=C4[C@@H]5CC(C)(C)CC[C@]5(C(=O)O)CC[C@@]4(C)[C@]3(C)CC[C@H]2C(C)(C)[C@]1(O)OC(C)=O. The first-order valence-electron chi connectivity index (χ1n) is 15.7. The lowest BCUT2D eigenvalue weighted by Gasteiger charge is -2.72. The summed E-state index contributed by atoms with van der Waals surface area (Å²) in [7, 11) is 0. The molecule has 5 aliphatic carbocycles. The van der Waals surface area contributed by atoms with E-state index in [2.05, 4.69) is 40.7 Å². The number of hydrogen-bond donors (Lipinski definition) is 2. The van der Waals surface area contributed by atoms with Crippen LogP contribution in [0, 0.1) is 50.2 Å². The molecule has 1 unspecified atom stereocenters. The van der Waals surface area contributed by atoms with E-state index >= 15 is 0 Å². The third-order valence-electron chi connectivity index (χ3n) is 13.8. The number of carboxylic acid groups (broad SMARTS) is 1. The van der Waals surface area contributed by atoms with Crippen molar-refractivity contribution in [3.05, 3.63) is 11.6 Å². The molecular formula is C34H52O7. The van der Waals surface area contributed by atoms with Crippen molar-refractivity contribution in [2.24, 2.45) is 50.2 Å². The first-order valence-corrected chi connectivity index (χ1v) is 15.7. The van der Waals surface area contributed by atoms with Gasteiger partial charge in [-0.1, -0.05) is 60.1 Å². The number of carbonyl (C=O) groups is 3. The van der Waals surface area contributed by atoms with Gasteiger partial charge in [-0.3, -0.25) is 14.4 Å². The summed E-state index contributed by atoms with van der Waals surface area (Å²) in [6.07, 6.45) is 8.58. The average molecular weight is 573 g/mol. The molecule has 4 saturated carbocycles. The fraction of sp³-hybridized carbons (Fsp3) is 0.853. The highest BCUT2D eigenvalue weighted by Crippen LogP contribution is 2.76. The Morgan fingerprint density at radius 1 is 0.854 bits per heavy atom. The van der Waals surface area contributed by atoms with Crippen LogP contribution < -0.4 is 0 Å². The van der Waals surface area contributed by atoms with Crippen molar-refractivity contribution in [1.29, 1.82) is 0 Å². The van der Waals surface area contributed by atoms with Gasteiger partial charge in [-0.25, -0.2) is 0 Å². The van der Waals surface area contributed by atoms with Gasteiger partial charge in [-0.2, -0.15) is 0 Å². The predicted octanol–water partition coefficient (Wildman–Crippen LogP) is 6.67. The predicted molar refractivity (Wildman–Crippen MR) is 154 cm³/mol. The number of allylic oxidation sites excluding steroid dienone is 2. The van der Waals surface area contributed by atoms with E-state index in [4.69, 9.17) is 9.47 Å². The highest BCUT2D eigenvalue weighted by molar-refractivity contribution is 5.76. The summed E-state index contributed by atoms with van der Waals surface area (Å²) in [5.41, 5.74) is -0.622. The molecule has 0 spiro atoms. The highest BCUT2D eigenvalue weighted by atomic mass is 16.7. The second kappa shape index (κ2) is 9.06. The Labute approximate surface area is 245 Å². The standard InChI is InChI=1S/C34H52O7/c1-20(35)40-26-19-30(7)24(29(5,6)34(26,39)41-21(2)36)12-13-32(9)25(30)11-10-22-23-18-28(3,4)14-16-33(23,27(37)38)17-15-31(22,32)8/h10,23-26,39H,11-19H2,1-9H3,(H,37,38)/t23-,24-,25+,26?,30-,31+,32+,33-,34+/m0/s1. The second-order valence-electron chi connectivity index (χ2n) is 16.5. The molecule has 4 fully saturated rings. The number of hydrogen-bond acceptors (Lipinski definition) is 6. The number of rotatable bonds is 3. The van der Waals surface area contributed by atoms with Crippen LogP contribution in [0.1, 0.15) is 120 Å². The number of fused-ring (bicyclic) bond motifs is 7. The van der Waals surface area contributed by atoms with Gasteiger partial charge >= 0.3 is 17.9 Å². The molecule has 5 rings (SSSR count). The lowest BCUT2D eigenvalue weighted by molar-refractivity contribution is -0.354.